The second-order valence-electron chi connectivity index (χ2n) is 5.91. The Hall–Kier alpha value is -0.730. The van der Waals surface area contributed by atoms with Crippen molar-refractivity contribution in [2.45, 2.75) is 50.6 Å². The van der Waals surface area contributed by atoms with Crippen LogP contribution in [0.15, 0.2) is 24.3 Å². The molecule has 2 fully saturated rings. The van der Waals surface area contributed by atoms with Crippen LogP contribution in [0.1, 0.15) is 38.5 Å². The highest BCUT2D eigenvalue weighted by Gasteiger charge is 2.34. The van der Waals surface area contributed by atoms with Gasteiger partial charge in [-0.1, -0.05) is 30.5 Å². The molecule has 0 radical (unpaired) electrons. The van der Waals surface area contributed by atoms with E-state index in [0.717, 1.165) is 10.9 Å². The molecule has 1 saturated heterocycles. The SMILES string of the molecule is Clc1cccc(NC2CCCC2C2CCCCN2)c1. The molecular weight excluding hydrogens is 256 g/mol. The van der Waals surface area contributed by atoms with E-state index in [9.17, 15) is 0 Å². The van der Waals surface area contributed by atoms with Gasteiger partial charge < -0.3 is 10.6 Å². The first-order valence-corrected chi connectivity index (χ1v) is 7.96. The molecule has 1 aromatic carbocycles. The molecule has 1 aromatic rings. The lowest BCUT2D eigenvalue weighted by molar-refractivity contribution is 0.286. The largest absolute Gasteiger partial charge is 0.382 e. The number of nitrogens with one attached hydrogen (secondary N) is 2. The highest BCUT2D eigenvalue weighted by molar-refractivity contribution is 6.30. The third-order valence-electron chi connectivity index (χ3n) is 4.61. The van der Waals surface area contributed by atoms with Gasteiger partial charge in [0.15, 0.2) is 0 Å². The van der Waals surface area contributed by atoms with Crippen LogP contribution in [-0.2, 0) is 0 Å². The summed E-state index contributed by atoms with van der Waals surface area (Å²) in [7, 11) is 0. The zero-order valence-corrected chi connectivity index (χ0v) is 12.1. The fourth-order valence-electron chi connectivity index (χ4n) is 3.69. The molecule has 3 heteroatoms. The average molecular weight is 279 g/mol. The first-order valence-electron chi connectivity index (χ1n) is 7.58. The second-order valence-corrected chi connectivity index (χ2v) is 6.35. The van der Waals surface area contributed by atoms with Crippen molar-refractivity contribution in [1.29, 1.82) is 0 Å². The van der Waals surface area contributed by atoms with Crippen LogP contribution in [0.3, 0.4) is 0 Å². The molecule has 0 spiro atoms. The molecule has 0 amide bonds. The third-order valence-corrected chi connectivity index (χ3v) is 4.85. The van der Waals surface area contributed by atoms with Crippen LogP contribution < -0.4 is 10.6 Å². The van der Waals surface area contributed by atoms with Gasteiger partial charge in [0.2, 0.25) is 0 Å². The lowest BCUT2D eigenvalue weighted by Gasteiger charge is -2.33. The monoisotopic (exact) mass is 278 g/mol. The van der Waals surface area contributed by atoms with Gasteiger partial charge >= 0.3 is 0 Å². The van der Waals surface area contributed by atoms with Gasteiger partial charge in [-0.05, 0) is 56.3 Å². The highest BCUT2D eigenvalue weighted by Crippen LogP contribution is 2.34. The third kappa shape index (κ3) is 3.24. The second kappa shape index (κ2) is 6.15. The summed E-state index contributed by atoms with van der Waals surface area (Å²) >= 11 is 6.06. The number of rotatable bonds is 3. The maximum Gasteiger partial charge on any atom is 0.0426 e. The minimum atomic E-state index is 0.606. The van der Waals surface area contributed by atoms with Gasteiger partial charge in [-0.15, -0.1) is 0 Å². The van der Waals surface area contributed by atoms with Crippen molar-refractivity contribution < 1.29 is 0 Å². The summed E-state index contributed by atoms with van der Waals surface area (Å²) in [6.45, 7) is 1.20. The van der Waals surface area contributed by atoms with E-state index in [0.29, 0.717) is 12.1 Å². The molecule has 1 heterocycles. The van der Waals surface area contributed by atoms with E-state index in [4.69, 9.17) is 11.6 Å². The zero-order valence-electron chi connectivity index (χ0n) is 11.4. The Bertz CT molecular complexity index is 415. The quantitative estimate of drug-likeness (QED) is 0.871. The smallest absolute Gasteiger partial charge is 0.0426 e. The lowest BCUT2D eigenvalue weighted by atomic mass is 9.88. The summed E-state index contributed by atoms with van der Waals surface area (Å²) in [5, 5.41) is 8.24. The summed E-state index contributed by atoms with van der Waals surface area (Å²) in [6.07, 6.45) is 8.07. The fraction of sp³-hybridized carbons (Fsp3) is 0.625. The molecular formula is C16H23ClN2. The topological polar surface area (TPSA) is 24.1 Å². The molecule has 1 aliphatic carbocycles. The number of anilines is 1. The van der Waals surface area contributed by atoms with Crippen LogP contribution in [-0.4, -0.2) is 18.6 Å². The Kier molecular flexibility index (Phi) is 4.29. The number of halogens is 1. The standard InChI is InChI=1S/C16H23ClN2/c17-12-5-3-6-13(11-12)19-16-9-4-7-14(16)15-8-1-2-10-18-15/h3,5-6,11,14-16,18-19H,1-2,4,7-10H2. The van der Waals surface area contributed by atoms with Gasteiger partial charge in [-0.3, -0.25) is 0 Å². The summed E-state index contributed by atoms with van der Waals surface area (Å²) in [5.74, 6) is 0.777. The molecule has 0 bridgehead atoms. The van der Waals surface area contributed by atoms with Gasteiger partial charge in [-0.2, -0.15) is 0 Å². The molecule has 1 saturated carbocycles. The summed E-state index contributed by atoms with van der Waals surface area (Å²) in [6, 6.07) is 9.43. The van der Waals surface area contributed by atoms with Crippen molar-refractivity contribution in [2.75, 3.05) is 11.9 Å². The molecule has 0 aromatic heterocycles. The summed E-state index contributed by atoms with van der Waals surface area (Å²) in [4.78, 5) is 0. The van der Waals surface area contributed by atoms with Gasteiger partial charge in [0.1, 0.15) is 0 Å². The molecule has 19 heavy (non-hydrogen) atoms. The molecule has 3 rings (SSSR count). The predicted molar refractivity (Wildman–Crippen MR) is 81.8 cm³/mol. The minimum absolute atomic E-state index is 0.606. The Morgan fingerprint density at radius 2 is 2.05 bits per heavy atom. The summed E-state index contributed by atoms with van der Waals surface area (Å²) < 4.78 is 0. The van der Waals surface area contributed by atoms with Crippen molar-refractivity contribution in [2.24, 2.45) is 5.92 Å². The van der Waals surface area contributed by atoms with Gasteiger partial charge in [0, 0.05) is 22.8 Å². The van der Waals surface area contributed by atoms with E-state index in [1.807, 2.05) is 18.2 Å². The number of benzene rings is 1. The van der Waals surface area contributed by atoms with Gasteiger partial charge in [-0.25, -0.2) is 0 Å². The molecule has 2 N–H and O–H groups in total. The molecule has 1 aliphatic heterocycles. The Balaban J connectivity index is 1.65. The Morgan fingerprint density at radius 3 is 2.84 bits per heavy atom. The van der Waals surface area contributed by atoms with Crippen LogP contribution in [0.5, 0.6) is 0 Å². The van der Waals surface area contributed by atoms with E-state index >= 15 is 0 Å². The normalized spacial score (nSPS) is 31.3. The Labute approximate surface area is 120 Å². The van der Waals surface area contributed by atoms with Gasteiger partial charge in [0.25, 0.3) is 0 Å². The Morgan fingerprint density at radius 1 is 1.11 bits per heavy atom. The average Bonchev–Trinajstić information content (AvgIpc) is 2.88. The number of hydrogen-bond donors (Lipinski definition) is 2. The molecule has 2 nitrogen and oxygen atoms in total. The van der Waals surface area contributed by atoms with E-state index in [1.54, 1.807) is 0 Å². The molecule has 2 aliphatic rings. The van der Waals surface area contributed by atoms with Gasteiger partial charge in [0.05, 0.1) is 0 Å². The highest BCUT2D eigenvalue weighted by atomic mass is 35.5. The van der Waals surface area contributed by atoms with E-state index in [2.05, 4.69) is 16.7 Å². The number of piperidine rings is 1. The van der Waals surface area contributed by atoms with Crippen molar-refractivity contribution in [1.82, 2.24) is 5.32 Å². The zero-order chi connectivity index (χ0) is 13.1. The van der Waals surface area contributed by atoms with E-state index in [-0.39, 0.29) is 0 Å². The molecule has 3 atom stereocenters. The summed E-state index contributed by atoms with van der Waals surface area (Å²) in [5.41, 5.74) is 1.17. The number of hydrogen-bond acceptors (Lipinski definition) is 2. The van der Waals surface area contributed by atoms with Crippen LogP contribution in [0.2, 0.25) is 5.02 Å². The van der Waals surface area contributed by atoms with E-state index in [1.165, 1.54) is 50.8 Å². The maximum atomic E-state index is 6.06. The van der Waals surface area contributed by atoms with Crippen molar-refractivity contribution in [3.8, 4) is 0 Å². The minimum Gasteiger partial charge on any atom is -0.382 e. The fourth-order valence-corrected chi connectivity index (χ4v) is 3.88. The van der Waals surface area contributed by atoms with Crippen LogP contribution in [0.25, 0.3) is 0 Å². The van der Waals surface area contributed by atoms with Crippen molar-refractivity contribution >= 4 is 17.3 Å². The van der Waals surface area contributed by atoms with Crippen molar-refractivity contribution in [3.63, 3.8) is 0 Å². The van der Waals surface area contributed by atoms with Crippen molar-refractivity contribution in [3.05, 3.63) is 29.3 Å². The first-order chi connectivity index (χ1) is 9.33. The van der Waals surface area contributed by atoms with Crippen LogP contribution in [0, 0.1) is 5.92 Å². The lowest BCUT2D eigenvalue weighted by Crippen LogP contribution is -2.44. The molecule has 3 unspecified atom stereocenters. The predicted octanol–water partition coefficient (Wildman–Crippen LogP) is 4.06. The molecule has 104 valence electrons. The maximum absolute atomic E-state index is 6.06. The van der Waals surface area contributed by atoms with Crippen LogP contribution >= 0.6 is 11.6 Å². The first kappa shape index (κ1) is 13.3. The van der Waals surface area contributed by atoms with E-state index < -0.39 is 0 Å². The van der Waals surface area contributed by atoms with Crippen LogP contribution in [0.4, 0.5) is 5.69 Å².